The average molecular weight is 1080 g/mol. The number of nitrogens with one attached hydrogen (secondary N) is 1. The standard InChI is InChI=1S/C62H117NO13/c1-3-5-7-9-11-13-14-15-16-17-18-19-20-21-22-23-24-25-26-27-28-29-30-31-32-33-34-35-36-38-40-42-44-46-54(67)63-50(51(66)45-43-41-39-37-12-10-8-6-4-2)49-73-61-59(72)57(70)60(53(48-65)75-61)76-62-58(71)56(69)55(68)52(47-64)74-62/h17-18,43,45,50-53,55-62,64-66,68-72H,3-16,19-42,44,46-49H2,1-2H3,(H,63,67)/b18-17-,45-43+. The highest BCUT2D eigenvalue weighted by Gasteiger charge is 2.51. The molecule has 0 saturated carbocycles. The molecule has 2 saturated heterocycles. The van der Waals surface area contributed by atoms with Gasteiger partial charge in [-0.1, -0.05) is 244 Å². The lowest BCUT2D eigenvalue weighted by atomic mass is 9.97. The molecule has 0 radical (unpaired) electrons. The zero-order chi connectivity index (χ0) is 55.3. The summed E-state index contributed by atoms with van der Waals surface area (Å²) in [4.78, 5) is 13.2. The van der Waals surface area contributed by atoms with Crippen molar-refractivity contribution in [3.8, 4) is 0 Å². The lowest BCUT2D eigenvalue weighted by Crippen LogP contribution is -2.65. The van der Waals surface area contributed by atoms with Crippen molar-refractivity contribution < 1.29 is 64.6 Å². The van der Waals surface area contributed by atoms with Crippen LogP contribution in [0.3, 0.4) is 0 Å². The van der Waals surface area contributed by atoms with Crippen molar-refractivity contribution in [3.63, 3.8) is 0 Å². The Labute approximate surface area is 462 Å². The zero-order valence-corrected chi connectivity index (χ0v) is 48.3. The van der Waals surface area contributed by atoms with Crippen LogP contribution in [0.15, 0.2) is 24.3 Å². The summed E-state index contributed by atoms with van der Waals surface area (Å²) < 4.78 is 22.7. The fraction of sp³-hybridized carbons (Fsp3) is 0.919. The molecular formula is C62H117NO13. The zero-order valence-electron chi connectivity index (χ0n) is 48.3. The molecular weight excluding hydrogens is 967 g/mol. The van der Waals surface area contributed by atoms with Crippen LogP contribution in [0.1, 0.15) is 271 Å². The molecule has 2 aliphatic heterocycles. The van der Waals surface area contributed by atoms with E-state index in [-0.39, 0.29) is 18.9 Å². The van der Waals surface area contributed by atoms with Crippen LogP contribution in [-0.2, 0) is 23.7 Å². The van der Waals surface area contributed by atoms with Gasteiger partial charge in [0.25, 0.3) is 0 Å². The van der Waals surface area contributed by atoms with Crippen molar-refractivity contribution in [2.45, 2.75) is 344 Å². The van der Waals surface area contributed by atoms with Gasteiger partial charge in [-0.15, -0.1) is 0 Å². The van der Waals surface area contributed by atoms with Crippen molar-refractivity contribution >= 4 is 5.91 Å². The van der Waals surface area contributed by atoms with E-state index in [4.69, 9.17) is 18.9 Å². The number of unbranched alkanes of at least 4 members (excludes halogenated alkanes) is 36. The molecule has 448 valence electrons. The number of ether oxygens (including phenoxy) is 4. The van der Waals surface area contributed by atoms with Gasteiger partial charge < -0.3 is 65.1 Å². The van der Waals surface area contributed by atoms with Gasteiger partial charge in [0.2, 0.25) is 5.91 Å². The highest BCUT2D eigenvalue weighted by molar-refractivity contribution is 5.76. The molecule has 2 fully saturated rings. The number of carbonyl (C=O) groups is 1. The lowest BCUT2D eigenvalue weighted by molar-refractivity contribution is -0.359. The van der Waals surface area contributed by atoms with Gasteiger partial charge in [-0.25, -0.2) is 0 Å². The molecule has 2 rings (SSSR count). The topological polar surface area (TPSA) is 228 Å². The summed E-state index contributed by atoms with van der Waals surface area (Å²) in [5.74, 6) is -0.237. The Morgan fingerprint density at radius 1 is 0.461 bits per heavy atom. The number of rotatable bonds is 51. The third-order valence-electron chi connectivity index (χ3n) is 15.6. The highest BCUT2D eigenvalue weighted by atomic mass is 16.7. The Bertz CT molecular complexity index is 1370. The molecule has 9 N–H and O–H groups in total. The molecule has 0 bridgehead atoms. The molecule has 14 nitrogen and oxygen atoms in total. The molecule has 76 heavy (non-hydrogen) atoms. The van der Waals surface area contributed by atoms with E-state index in [1.165, 1.54) is 205 Å². The maximum atomic E-state index is 13.2. The summed E-state index contributed by atoms with van der Waals surface area (Å²) in [6, 6.07) is -0.909. The monoisotopic (exact) mass is 1080 g/mol. The molecule has 2 heterocycles. The second kappa shape index (κ2) is 48.2. The van der Waals surface area contributed by atoms with Crippen LogP contribution in [0.2, 0.25) is 0 Å². The fourth-order valence-corrected chi connectivity index (χ4v) is 10.5. The van der Waals surface area contributed by atoms with Gasteiger partial charge in [-0.05, 0) is 44.9 Å². The molecule has 0 aromatic heterocycles. The Hall–Kier alpha value is -1.53. The van der Waals surface area contributed by atoms with Crippen LogP contribution >= 0.6 is 0 Å². The number of hydrogen-bond acceptors (Lipinski definition) is 13. The van der Waals surface area contributed by atoms with Gasteiger partial charge in [0.1, 0.15) is 48.8 Å². The van der Waals surface area contributed by atoms with E-state index in [9.17, 15) is 45.6 Å². The van der Waals surface area contributed by atoms with E-state index in [1.807, 2.05) is 6.08 Å². The highest BCUT2D eigenvalue weighted by Crippen LogP contribution is 2.30. The Morgan fingerprint density at radius 2 is 0.829 bits per heavy atom. The molecule has 0 aromatic carbocycles. The third-order valence-corrected chi connectivity index (χ3v) is 15.6. The number of hydrogen-bond donors (Lipinski definition) is 9. The predicted octanol–water partition coefficient (Wildman–Crippen LogP) is 11.2. The van der Waals surface area contributed by atoms with E-state index in [2.05, 4.69) is 31.3 Å². The van der Waals surface area contributed by atoms with Crippen LogP contribution in [0.5, 0.6) is 0 Å². The normalized spacial score (nSPS) is 25.0. The van der Waals surface area contributed by atoms with Crippen LogP contribution in [-0.4, -0.2) is 140 Å². The van der Waals surface area contributed by atoms with Crippen molar-refractivity contribution in [1.82, 2.24) is 5.32 Å². The minimum absolute atomic E-state index is 0.237. The molecule has 12 atom stereocenters. The van der Waals surface area contributed by atoms with E-state index in [1.54, 1.807) is 6.08 Å². The van der Waals surface area contributed by atoms with Gasteiger partial charge in [0.05, 0.1) is 32.0 Å². The summed E-state index contributed by atoms with van der Waals surface area (Å²) in [5, 5.41) is 86.8. The second-order valence-corrected chi connectivity index (χ2v) is 22.5. The molecule has 12 unspecified atom stereocenters. The van der Waals surface area contributed by atoms with Crippen molar-refractivity contribution in [1.29, 1.82) is 0 Å². The van der Waals surface area contributed by atoms with Crippen LogP contribution < -0.4 is 5.32 Å². The Kier molecular flexibility index (Phi) is 44.8. The van der Waals surface area contributed by atoms with Gasteiger partial charge >= 0.3 is 0 Å². The summed E-state index contributed by atoms with van der Waals surface area (Å²) in [7, 11) is 0. The molecule has 0 aromatic rings. The molecule has 2 aliphatic rings. The number of allylic oxidation sites excluding steroid dienone is 3. The Balaban J connectivity index is 1.58. The number of amides is 1. The maximum absolute atomic E-state index is 13.2. The van der Waals surface area contributed by atoms with E-state index >= 15 is 0 Å². The first-order chi connectivity index (χ1) is 37.1. The molecule has 0 aliphatic carbocycles. The van der Waals surface area contributed by atoms with Crippen molar-refractivity contribution in [2.24, 2.45) is 0 Å². The number of aliphatic hydroxyl groups is 8. The summed E-state index contributed by atoms with van der Waals surface area (Å²) in [6.07, 6.45) is 41.3. The maximum Gasteiger partial charge on any atom is 0.220 e. The van der Waals surface area contributed by atoms with Gasteiger partial charge in [-0.3, -0.25) is 4.79 Å². The third kappa shape index (κ3) is 33.3. The predicted molar refractivity (Wildman–Crippen MR) is 305 cm³/mol. The van der Waals surface area contributed by atoms with E-state index in [0.717, 1.165) is 38.5 Å². The molecule has 0 spiro atoms. The first-order valence-electron chi connectivity index (χ1n) is 31.6. The van der Waals surface area contributed by atoms with E-state index in [0.29, 0.717) is 6.42 Å². The quantitative estimate of drug-likeness (QED) is 0.0204. The summed E-state index contributed by atoms with van der Waals surface area (Å²) in [5.41, 5.74) is 0. The number of aliphatic hydroxyl groups excluding tert-OH is 8. The number of carbonyl (C=O) groups excluding carboxylic acids is 1. The lowest BCUT2D eigenvalue weighted by Gasteiger charge is -2.46. The minimum Gasteiger partial charge on any atom is -0.394 e. The first-order valence-corrected chi connectivity index (χ1v) is 31.6. The molecule has 14 heteroatoms. The first kappa shape index (κ1) is 70.6. The smallest absolute Gasteiger partial charge is 0.220 e. The van der Waals surface area contributed by atoms with Crippen molar-refractivity contribution in [2.75, 3.05) is 19.8 Å². The van der Waals surface area contributed by atoms with Gasteiger partial charge in [0, 0.05) is 6.42 Å². The van der Waals surface area contributed by atoms with Gasteiger partial charge in [0.15, 0.2) is 12.6 Å². The largest absolute Gasteiger partial charge is 0.394 e. The van der Waals surface area contributed by atoms with Crippen molar-refractivity contribution in [3.05, 3.63) is 24.3 Å². The van der Waals surface area contributed by atoms with Crippen LogP contribution in [0.25, 0.3) is 0 Å². The average Bonchev–Trinajstić information content (AvgIpc) is 3.42. The minimum atomic E-state index is -1.79. The Morgan fingerprint density at radius 3 is 1.25 bits per heavy atom. The van der Waals surface area contributed by atoms with Crippen LogP contribution in [0, 0.1) is 0 Å². The summed E-state index contributed by atoms with van der Waals surface area (Å²) >= 11 is 0. The van der Waals surface area contributed by atoms with Crippen LogP contribution in [0.4, 0.5) is 0 Å². The SMILES string of the molecule is CCCCCCCCC/C=C/C(O)C(COC1OC(CO)C(OC2OC(CO)C(O)C(O)C2O)C(O)C1O)NC(=O)CCCCCCCCCCCCCCCCCCCCCCC/C=C\CCCCCCCCCC. The van der Waals surface area contributed by atoms with Gasteiger partial charge in [-0.2, -0.15) is 0 Å². The second-order valence-electron chi connectivity index (χ2n) is 22.5. The van der Waals surface area contributed by atoms with E-state index < -0.39 is 86.8 Å². The molecule has 1 amide bonds. The fourth-order valence-electron chi connectivity index (χ4n) is 10.5. The summed E-state index contributed by atoms with van der Waals surface area (Å²) in [6.45, 7) is 2.78.